The maximum atomic E-state index is 14.5. The summed E-state index contributed by atoms with van der Waals surface area (Å²) in [6.45, 7) is 1.48. The molecule has 0 unspecified atom stereocenters. The molecule has 3 aromatic rings. The summed E-state index contributed by atoms with van der Waals surface area (Å²) in [4.78, 5) is 8.29. The van der Waals surface area contributed by atoms with Crippen molar-refractivity contribution in [3.8, 4) is 11.1 Å². The van der Waals surface area contributed by atoms with Crippen molar-refractivity contribution in [2.45, 2.75) is 16.0 Å². The van der Waals surface area contributed by atoms with Crippen LogP contribution in [-0.4, -0.2) is 66.3 Å². The number of hydrogen-bond donors (Lipinski definition) is 1. The van der Waals surface area contributed by atoms with Crippen molar-refractivity contribution in [3.05, 3.63) is 60.7 Å². The van der Waals surface area contributed by atoms with Gasteiger partial charge in [-0.2, -0.15) is 13.2 Å². The number of nitrogens with one attached hydrogen (secondary N) is 1. The van der Waals surface area contributed by atoms with Crippen LogP contribution in [0.4, 0.5) is 24.5 Å². The minimum atomic E-state index is -5.01. The molecule has 0 aliphatic carbocycles. The van der Waals surface area contributed by atoms with Gasteiger partial charge in [-0.1, -0.05) is 12.1 Å². The molecule has 14 heteroatoms. The molecular formula is C23H24F3N5O4S2. The van der Waals surface area contributed by atoms with E-state index >= 15 is 0 Å². The Morgan fingerprint density at radius 2 is 1.54 bits per heavy atom. The van der Waals surface area contributed by atoms with Crippen molar-refractivity contribution in [2.75, 3.05) is 48.7 Å². The minimum absolute atomic E-state index is 0.00215. The second-order valence-corrected chi connectivity index (χ2v) is 12.4. The van der Waals surface area contributed by atoms with Gasteiger partial charge in [0.25, 0.3) is 10.0 Å². The van der Waals surface area contributed by atoms with E-state index < -0.39 is 36.5 Å². The number of anilines is 2. The predicted octanol–water partition coefficient (Wildman–Crippen LogP) is 2.80. The largest absolute Gasteiger partial charge is 0.417 e. The zero-order valence-corrected chi connectivity index (χ0v) is 21.5. The van der Waals surface area contributed by atoms with E-state index in [2.05, 4.69) is 15.3 Å². The van der Waals surface area contributed by atoms with Crippen molar-refractivity contribution >= 4 is 31.2 Å². The van der Waals surface area contributed by atoms with E-state index in [9.17, 15) is 30.0 Å². The van der Waals surface area contributed by atoms with Gasteiger partial charge >= 0.3 is 6.18 Å². The molecule has 37 heavy (non-hydrogen) atoms. The molecule has 1 fully saturated rings. The van der Waals surface area contributed by atoms with Crippen LogP contribution in [0.1, 0.15) is 5.56 Å². The highest BCUT2D eigenvalue weighted by molar-refractivity contribution is 7.93. The summed E-state index contributed by atoms with van der Waals surface area (Å²) in [5.74, 6) is 0. The second-order valence-electron chi connectivity index (χ2n) is 8.47. The van der Waals surface area contributed by atoms with Crippen LogP contribution in [0.2, 0.25) is 0 Å². The molecule has 1 saturated heterocycles. The average molecular weight is 556 g/mol. The summed E-state index contributed by atoms with van der Waals surface area (Å²) in [6.07, 6.45) is -0.413. The summed E-state index contributed by atoms with van der Waals surface area (Å²) in [7, 11) is -7.08. The second kappa shape index (κ2) is 9.91. The molecule has 1 aliphatic heterocycles. The number of aromatic nitrogens is 2. The first-order chi connectivity index (χ1) is 17.3. The van der Waals surface area contributed by atoms with Gasteiger partial charge in [0.1, 0.15) is 11.2 Å². The van der Waals surface area contributed by atoms with Crippen LogP contribution in [-0.2, 0) is 26.0 Å². The SMILES string of the molecule is CN(c1cncnc1)S(=O)(=O)c1c(N2CCNCC2)cc(-c2ccc(S(C)(=O)=O)cc2)cc1C(F)(F)F. The predicted molar refractivity (Wildman–Crippen MR) is 133 cm³/mol. The lowest BCUT2D eigenvalue weighted by atomic mass is 10.0. The van der Waals surface area contributed by atoms with Crippen LogP contribution in [0.5, 0.6) is 0 Å². The first-order valence-electron chi connectivity index (χ1n) is 11.1. The maximum Gasteiger partial charge on any atom is 0.417 e. The van der Waals surface area contributed by atoms with E-state index in [4.69, 9.17) is 0 Å². The molecule has 0 spiro atoms. The van der Waals surface area contributed by atoms with E-state index in [1.165, 1.54) is 49.1 Å². The Kier molecular flexibility index (Phi) is 7.18. The van der Waals surface area contributed by atoms with Crippen molar-refractivity contribution in [1.82, 2.24) is 15.3 Å². The maximum absolute atomic E-state index is 14.5. The van der Waals surface area contributed by atoms with E-state index in [1.807, 2.05) is 0 Å². The van der Waals surface area contributed by atoms with E-state index in [0.29, 0.717) is 18.7 Å². The molecule has 1 N–H and O–H groups in total. The van der Waals surface area contributed by atoms with Crippen LogP contribution in [0.15, 0.2) is 64.9 Å². The number of piperazine rings is 1. The third kappa shape index (κ3) is 5.55. The van der Waals surface area contributed by atoms with Gasteiger partial charge < -0.3 is 10.2 Å². The average Bonchev–Trinajstić information content (AvgIpc) is 2.87. The quantitative estimate of drug-likeness (QED) is 0.494. The third-order valence-corrected chi connectivity index (χ3v) is 8.98. The number of rotatable bonds is 6. The van der Waals surface area contributed by atoms with Gasteiger partial charge in [-0.3, -0.25) is 4.31 Å². The summed E-state index contributed by atoms with van der Waals surface area (Å²) in [6, 6.07) is 7.58. The lowest BCUT2D eigenvalue weighted by molar-refractivity contribution is -0.139. The Bertz CT molecular complexity index is 1490. The third-order valence-electron chi connectivity index (χ3n) is 5.98. The van der Waals surface area contributed by atoms with Crippen LogP contribution in [0.25, 0.3) is 11.1 Å². The van der Waals surface area contributed by atoms with Crippen molar-refractivity contribution in [2.24, 2.45) is 0 Å². The molecule has 0 bridgehead atoms. The minimum Gasteiger partial charge on any atom is -0.368 e. The Balaban J connectivity index is 1.97. The molecule has 1 aliphatic rings. The van der Waals surface area contributed by atoms with Crippen LogP contribution in [0, 0.1) is 0 Å². The summed E-state index contributed by atoms with van der Waals surface area (Å²) < 4.78 is 95.3. The van der Waals surface area contributed by atoms with Crippen molar-refractivity contribution in [1.29, 1.82) is 0 Å². The molecule has 198 valence electrons. The Morgan fingerprint density at radius 3 is 2.08 bits per heavy atom. The summed E-state index contributed by atoms with van der Waals surface area (Å²) >= 11 is 0. The zero-order valence-electron chi connectivity index (χ0n) is 19.9. The topological polar surface area (TPSA) is 113 Å². The van der Waals surface area contributed by atoms with Gasteiger partial charge in [-0.05, 0) is 35.4 Å². The van der Waals surface area contributed by atoms with Crippen LogP contribution in [0.3, 0.4) is 0 Å². The van der Waals surface area contributed by atoms with Crippen LogP contribution < -0.4 is 14.5 Å². The lowest BCUT2D eigenvalue weighted by Crippen LogP contribution is -2.44. The number of sulfone groups is 1. The molecule has 2 heterocycles. The molecule has 4 rings (SSSR count). The summed E-state index contributed by atoms with van der Waals surface area (Å²) in [5.41, 5.74) is -1.01. The van der Waals surface area contributed by atoms with Gasteiger partial charge in [0.05, 0.1) is 34.2 Å². The fraction of sp³-hybridized carbons (Fsp3) is 0.304. The number of benzene rings is 2. The smallest absolute Gasteiger partial charge is 0.368 e. The Labute approximate surface area is 212 Å². The molecule has 0 amide bonds. The highest BCUT2D eigenvalue weighted by Gasteiger charge is 2.42. The van der Waals surface area contributed by atoms with Crippen molar-refractivity contribution < 1.29 is 30.0 Å². The molecule has 0 saturated carbocycles. The summed E-state index contributed by atoms with van der Waals surface area (Å²) in [5, 5.41) is 3.11. The fourth-order valence-electron chi connectivity index (χ4n) is 4.03. The number of alkyl halides is 3. The Hall–Kier alpha value is -3.23. The zero-order chi connectivity index (χ0) is 27.0. The van der Waals surface area contributed by atoms with E-state index in [1.54, 1.807) is 4.90 Å². The monoisotopic (exact) mass is 555 g/mol. The number of halogens is 3. The molecule has 9 nitrogen and oxygen atoms in total. The van der Waals surface area contributed by atoms with Gasteiger partial charge in [-0.25, -0.2) is 26.8 Å². The van der Waals surface area contributed by atoms with Crippen molar-refractivity contribution in [3.63, 3.8) is 0 Å². The number of sulfonamides is 1. The van der Waals surface area contributed by atoms with E-state index in [-0.39, 0.29) is 34.9 Å². The standard InChI is InChI=1S/C23H24F3N5O4S2/c1-30(18-13-28-15-29-14-18)37(34,35)22-20(23(24,25)26)11-17(12-21(22)31-9-7-27-8-10-31)16-3-5-19(6-4-16)36(2,32)33/h3-6,11-15,27H,7-10H2,1-2H3. The van der Waals surface area contributed by atoms with Gasteiger partial charge in [0, 0.05) is 39.5 Å². The fourth-order valence-corrected chi connectivity index (χ4v) is 6.21. The lowest BCUT2D eigenvalue weighted by Gasteiger charge is -2.33. The van der Waals surface area contributed by atoms with Crippen LogP contribution >= 0.6 is 0 Å². The normalized spacial score (nSPS) is 15.0. The number of hydrogen-bond acceptors (Lipinski definition) is 8. The Morgan fingerprint density at radius 1 is 0.946 bits per heavy atom. The molecular weight excluding hydrogens is 531 g/mol. The first kappa shape index (κ1) is 26.8. The van der Waals surface area contributed by atoms with Gasteiger partial charge in [-0.15, -0.1) is 0 Å². The molecule has 0 radical (unpaired) electrons. The molecule has 1 aromatic heterocycles. The molecule has 2 aromatic carbocycles. The van der Waals surface area contributed by atoms with Gasteiger partial charge in [0.15, 0.2) is 9.84 Å². The number of nitrogens with zero attached hydrogens (tertiary/aromatic N) is 4. The molecule has 0 atom stereocenters. The van der Waals surface area contributed by atoms with E-state index in [0.717, 1.165) is 23.7 Å². The van der Waals surface area contributed by atoms with Gasteiger partial charge in [0.2, 0.25) is 0 Å². The first-order valence-corrected chi connectivity index (χ1v) is 14.4. The highest BCUT2D eigenvalue weighted by atomic mass is 32.2. The highest BCUT2D eigenvalue weighted by Crippen LogP contribution is 2.44.